The summed E-state index contributed by atoms with van der Waals surface area (Å²) in [7, 11) is 0. The third-order valence-corrected chi connectivity index (χ3v) is 3.62. The molecule has 1 heterocycles. The lowest BCUT2D eigenvalue weighted by molar-refractivity contribution is 0.0885. The Kier molecular flexibility index (Phi) is 5.82. The Hall–Kier alpha value is -1.07. The molecule has 0 aliphatic heterocycles. The summed E-state index contributed by atoms with van der Waals surface area (Å²) in [5.74, 6) is -0.119. The Balaban J connectivity index is 2.81. The number of amides is 1. The van der Waals surface area contributed by atoms with Crippen LogP contribution in [-0.2, 0) is 0 Å². The average Bonchev–Trinajstić information content (AvgIpc) is 2.37. The van der Waals surface area contributed by atoms with E-state index in [2.05, 4.69) is 10.3 Å². The van der Waals surface area contributed by atoms with E-state index in [0.717, 1.165) is 5.03 Å². The summed E-state index contributed by atoms with van der Waals surface area (Å²) in [6.45, 7) is 6.21. The summed E-state index contributed by atoms with van der Waals surface area (Å²) in [5, 5.41) is 12.9. The number of aromatic nitrogens is 1. The van der Waals surface area contributed by atoms with Crippen molar-refractivity contribution in [1.29, 1.82) is 0 Å². The van der Waals surface area contributed by atoms with Crippen LogP contribution in [0, 0.1) is 5.41 Å². The van der Waals surface area contributed by atoms with E-state index in [9.17, 15) is 4.79 Å². The van der Waals surface area contributed by atoms with Crippen molar-refractivity contribution in [3.05, 3.63) is 23.9 Å². The van der Waals surface area contributed by atoms with Crippen molar-refractivity contribution >= 4 is 17.7 Å². The minimum atomic E-state index is -0.119. The first-order valence-electron chi connectivity index (χ1n) is 6.30. The van der Waals surface area contributed by atoms with Crippen LogP contribution in [0.1, 0.15) is 37.6 Å². The summed E-state index contributed by atoms with van der Waals surface area (Å²) < 4.78 is 0. The molecule has 5 heteroatoms. The van der Waals surface area contributed by atoms with E-state index < -0.39 is 0 Å². The molecule has 0 saturated heterocycles. The average molecular weight is 282 g/mol. The summed E-state index contributed by atoms with van der Waals surface area (Å²) in [4.78, 5) is 16.4. The Morgan fingerprint density at radius 3 is 2.74 bits per heavy atom. The van der Waals surface area contributed by atoms with Gasteiger partial charge in [-0.25, -0.2) is 4.98 Å². The number of aliphatic hydroxyl groups excluding tert-OH is 1. The van der Waals surface area contributed by atoms with Gasteiger partial charge in [0.25, 0.3) is 5.91 Å². The lowest BCUT2D eigenvalue weighted by Crippen LogP contribution is -2.44. The fraction of sp³-hybridized carbons (Fsp3) is 0.571. The van der Waals surface area contributed by atoms with Crippen LogP contribution in [0.15, 0.2) is 23.4 Å². The minimum Gasteiger partial charge on any atom is -0.396 e. The van der Waals surface area contributed by atoms with E-state index in [1.54, 1.807) is 18.3 Å². The van der Waals surface area contributed by atoms with Crippen molar-refractivity contribution < 1.29 is 9.90 Å². The highest BCUT2D eigenvalue weighted by Gasteiger charge is 2.26. The quantitative estimate of drug-likeness (QED) is 0.814. The second-order valence-corrected chi connectivity index (χ2v) is 6.32. The molecule has 1 aromatic rings. The molecule has 19 heavy (non-hydrogen) atoms. The summed E-state index contributed by atoms with van der Waals surface area (Å²) >= 11 is 1.50. The molecule has 0 saturated carbocycles. The van der Waals surface area contributed by atoms with E-state index in [0.29, 0.717) is 12.0 Å². The van der Waals surface area contributed by atoms with Crippen molar-refractivity contribution in [2.75, 3.05) is 12.9 Å². The van der Waals surface area contributed by atoms with E-state index in [-0.39, 0.29) is 24.0 Å². The highest BCUT2D eigenvalue weighted by molar-refractivity contribution is 7.98. The Morgan fingerprint density at radius 2 is 2.21 bits per heavy atom. The lowest BCUT2D eigenvalue weighted by atomic mass is 9.85. The molecule has 2 N–H and O–H groups in total. The van der Waals surface area contributed by atoms with Crippen molar-refractivity contribution in [1.82, 2.24) is 10.3 Å². The van der Waals surface area contributed by atoms with Crippen LogP contribution in [0.4, 0.5) is 0 Å². The highest BCUT2D eigenvalue weighted by Crippen LogP contribution is 2.22. The Morgan fingerprint density at radius 1 is 1.53 bits per heavy atom. The van der Waals surface area contributed by atoms with Gasteiger partial charge in [0.05, 0.1) is 5.03 Å². The smallest absolute Gasteiger partial charge is 0.251 e. The first-order valence-corrected chi connectivity index (χ1v) is 7.52. The normalized spacial score (nSPS) is 13.1. The van der Waals surface area contributed by atoms with Gasteiger partial charge in [0.15, 0.2) is 0 Å². The van der Waals surface area contributed by atoms with Crippen LogP contribution < -0.4 is 5.32 Å². The van der Waals surface area contributed by atoms with Gasteiger partial charge in [0, 0.05) is 24.4 Å². The maximum absolute atomic E-state index is 12.2. The molecule has 1 aromatic heterocycles. The summed E-state index contributed by atoms with van der Waals surface area (Å²) in [6, 6.07) is 3.42. The molecular formula is C14H22N2O2S. The Bertz CT molecular complexity index is 430. The van der Waals surface area contributed by atoms with Crippen molar-refractivity contribution in [3.63, 3.8) is 0 Å². The maximum Gasteiger partial charge on any atom is 0.251 e. The van der Waals surface area contributed by atoms with Crippen LogP contribution in [0.3, 0.4) is 0 Å². The summed E-state index contributed by atoms with van der Waals surface area (Å²) in [5.41, 5.74) is 0.514. The third kappa shape index (κ3) is 4.84. The third-order valence-electron chi connectivity index (χ3n) is 2.97. The molecule has 1 unspecified atom stereocenters. The van der Waals surface area contributed by atoms with Gasteiger partial charge in [0.1, 0.15) is 0 Å². The number of pyridine rings is 1. The number of hydrogen-bond acceptors (Lipinski definition) is 4. The van der Waals surface area contributed by atoms with E-state index >= 15 is 0 Å². The molecule has 0 aliphatic carbocycles. The van der Waals surface area contributed by atoms with Crippen molar-refractivity contribution in [2.24, 2.45) is 5.41 Å². The second-order valence-electron chi connectivity index (χ2n) is 5.49. The topological polar surface area (TPSA) is 62.2 Å². The van der Waals surface area contributed by atoms with Gasteiger partial charge in [-0.2, -0.15) is 0 Å². The summed E-state index contributed by atoms with van der Waals surface area (Å²) in [6.07, 6.45) is 4.11. The Labute approximate surface area is 119 Å². The van der Waals surface area contributed by atoms with Gasteiger partial charge in [-0.1, -0.05) is 20.8 Å². The van der Waals surface area contributed by atoms with Gasteiger partial charge in [-0.3, -0.25) is 4.79 Å². The van der Waals surface area contributed by atoms with Crippen LogP contribution in [-0.4, -0.2) is 34.9 Å². The monoisotopic (exact) mass is 282 g/mol. The molecule has 0 aromatic carbocycles. The van der Waals surface area contributed by atoms with Gasteiger partial charge < -0.3 is 10.4 Å². The molecular weight excluding hydrogens is 260 g/mol. The molecule has 0 aliphatic rings. The van der Waals surface area contributed by atoms with Gasteiger partial charge >= 0.3 is 0 Å². The molecule has 1 rings (SSSR count). The van der Waals surface area contributed by atoms with Gasteiger partial charge in [-0.05, 0) is 30.2 Å². The van der Waals surface area contributed by atoms with E-state index in [1.165, 1.54) is 11.8 Å². The molecule has 106 valence electrons. The highest BCUT2D eigenvalue weighted by atomic mass is 32.2. The number of aliphatic hydroxyl groups is 1. The van der Waals surface area contributed by atoms with Gasteiger partial charge in [0.2, 0.25) is 0 Å². The van der Waals surface area contributed by atoms with Crippen LogP contribution >= 0.6 is 11.8 Å². The van der Waals surface area contributed by atoms with E-state index in [4.69, 9.17) is 5.11 Å². The van der Waals surface area contributed by atoms with Crippen molar-refractivity contribution in [2.45, 2.75) is 38.3 Å². The number of nitrogens with zero attached hydrogens (tertiary/aromatic N) is 1. The largest absolute Gasteiger partial charge is 0.396 e. The van der Waals surface area contributed by atoms with Crippen LogP contribution in [0.5, 0.6) is 0 Å². The molecule has 4 nitrogen and oxygen atoms in total. The maximum atomic E-state index is 12.2. The molecule has 0 radical (unpaired) electrons. The fourth-order valence-corrected chi connectivity index (χ4v) is 2.17. The predicted molar refractivity (Wildman–Crippen MR) is 78.4 cm³/mol. The fourth-order valence-electron chi connectivity index (χ4n) is 1.75. The number of thioether (sulfide) groups is 1. The first-order chi connectivity index (χ1) is 8.88. The van der Waals surface area contributed by atoms with Crippen LogP contribution in [0.25, 0.3) is 0 Å². The van der Waals surface area contributed by atoms with E-state index in [1.807, 2.05) is 27.0 Å². The SMILES string of the molecule is CSc1cc(C(=O)NC(CCO)C(C)(C)C)ccn1. The molecule has 0 spiro atoms. The standard InChI is InChI=1S/C14H22N2O2S/c1-14(2,3)11(6-8-17)16-13(18)10-5-7-15-12(9-10)19-4/h5,7,9,11,17H,6,8H2,1-4H3,(H,16,18). The number of hydrogen-bond donors (Lipinski definition) is 2. The predicted octanol–water partition coefficient (Wildman–Crippen LogP) is 2.33. The molecule has 0 fully saturated rings. The lowest BCUT2D eigenvalue weighted by Gasteiger charge is -2.31. The van der Waals surface area contributed by atoms with Crippen molar-refractivity contribution in [3.8, 4) is 0 Å². The zero-order valence-electron chi connectivity index (χ0n) is 11.9. The minimum absolute atomic E-state index is 0.0594. The molecule has 0 bridgehead atoms. The first kappa shape index (κ1) is 16.0. The number of nitrogens with one attached hydrogen (secondary N) is 1. The second kappa shape index (κ2) is 6.91. The molecule has 1 atom stereocenters. The molecule has 1 amide bonds. The van der Waals surface area contributed by atoms with Crippen LogP contribution in [0.2, 0.25) is 0 Å². The number of rotatable bonds is 5. The number of carbonyl (C=O) groups excluding carboxylic acids is 1. The van der Waals surface area contributed by atoms with Gasteiger partial charge in [-0.15, -0.1) is 11.8 Å². The zero-order chi connectivity index (χ0) is 14.5. The number of carbonyl (C=O) groups is 1. The zero-order valence-corrected chi connectivity index (χ0v) is 12.8.